The van der Waals surface area contributed by atoms with Crippen LogP contribution in [0.1, 0.15) is 18.9 Å². The molecule has 0 spiro atoms. The molecule has 4 rings (SSSR count). The van der Waals surface area contributed by atoms with Crippen molar-refractivity contribution in [3.05, 3.63) is 60.2 Å². The van der Waals surface area contributed by atoms with E-state index in [4.69, 9.17) is 0 Å². The van der Waals surface area contributed by atoms with Crippen molar-refractivity contribution < 1.29 is 9.59 Å². The smallest absolute Gasteiger partial charge is 0.249 e. The lowest BCUT2D eigenvalue weighted by molar-refractivity contribution is -0.127. The van der Waals surface area contributed by atoms with Crippen molar-refractivity contribution in [2.45, 2.75) is 31.8 Å². The van der Waals surface area contributed by atoms with Crippen molar-refractivity contribution in [3.63, 3.8) is 0 Å². The number of benzene rings is 2. The summed E-state index contributed by atoms with van der Waals surface area (Å²) < 4.78 is 0. The van der Waals surface area contributed by atoms with Gasteiger partial charge in [0.1, 0.15) is 12.1 Å². The van der Waals surface area contributed by atoms with Crippen LogP contribution in [0.4, 0.5) is 11.4 Å². The van der Waals surface area contributed by atoms with Crippen LogP contribution in [0.25, 0.3) is 0 Å². The van der Waals surface area contributed by atoms with Crippen molar-refractivity contribution in [1.29, 1.82) is 0 Å². The Kier molecular flexibility index (Phi) is 4.37. The third-order valence-corrected chi connectivity index (χ3v) is 5.36. The van der Waals surface area contributed by atoms with Gasteiger partial charge in [-0.2, -0.15) is 0 Å². The topological polar surface area (TPSA) is 52.7 Å². The van der Waals surface area contributed by atoms with E-state index >= 15 is 0 Å². The largest absolute Gasteiger partial charge is 0.359 e. The number of hydrogen-bond donors (Lipinski definition) is 1. The van der Waals surface area contributed by atoms with Crippen molar-refractivity contribution in [1.82, 2.24) is 5.32 Å². The second-order valence-electron chi connectivity index (χ2n) is 6.92. The molecular formula is C21H23N3O2. The normalized spacial score (nSPS) is 20.2. The van der Waals surface area contributed by atoms with Gasteiger partial charge >= 0.3 is 0 Å². The summed E-state index contributed by atoms with van der Waals surface area (Å²) in [4.78, 5) is 29.3. The summed E-state index contributed by atoms with van der Waals surface area (Å²) in [5, 5.41) is 2.96. The molecule has 5 heteroatoms. The van der Waals surface area contributed by atoms with Gasteiger partial charge in [-0.25, -0.2) is 0 Å². The van der Waals surface area contributed by atoms with Crippen molar-refractivity contribution in [2.24, 2.45) is 0 Å². The first-order valence-corrected chi connectivity index (χ1v) is 9.16. The number of carbonyl (C=O) groups excluding carboxylic acids is 2. The van der Waals surface area contributed by atoms with Crippen molar-refractivity contribution >= 4 is 23.2 Å². The molecule has 0 saturated carbocycles. The third kappa shape index (κ3) is 2.94. The van der Waals surface area contributed by atoms with Gasteiger partial charge in [-0.1, -0.05) is 36.4 Å². The fourth-order valence-corrected chi connectivity index (χ4v) is 3.88. The minimum atomic E-state index is -0.442. The molecule has 0 radical (unpaired) electrons. The highest BCUT2D eigenvalue weighted by Gasteiger charge is 2.36. The number of fused-ring (bicyclic) bond motifs is 1. The Bertz CT molecular complexity index is 821. The molecular weight excluding hydrogens is 326 g/mol. The summed E-state index contributed by atoms with van der Waals surface area (Å²) >= 11 is 0. The van der Waals surface area contributed by atoms with Gasteiger partial charge in [0.05, 0.1) is 0 Å². The van der Waals surface area contributed by atoms with E-state index in [1.807, 2.05) is 49.4 Å². The fourth-order valence-electron chi connectivity index (χ4n) is 3.88. The highest BCUT2D eigenvalue weighted by molar-refractivity contribution is 6.02. The Morgan fingerprint density at radius 1 is 1.08 bits per heavy atom. The molecule has 2 aliphatic heterocycles. The molecule has 0 unspecified atom stereocenters. The lowest BCUT2D eigenvalue weighted by atomic mass is 10.1. The molecule has 26 heavy (non-hydrogen) atoms. The van der Waals surface area contributed by atoms with Gasteiger partial charge in [0, 0.05) is 24.5 Å². The Morgan fingerprint density at radius 3 is 2.62 bits per heavy atom. The molecule has 2 atom stereocenters. The lowest BCUT2D eigenvalue weighted by Gasteiger charge is -2.27. The number of anilines is 2. The number of carbonyl (C=O) groups is 2. The van der Waals surface area contributed by atoms with Gasteiger partial charge in [-0.15, -0.1) is 0 Å². The highest BCUT2D eigenvalue weighted by atomic mass is 16.2. The van der Waals surface area contributed by atoms with Crippen molar-refractivity contribution in [2.75, 3.05) is 22.9 Å². The standard InChI is InChI=1S/C21H23N3O2/c1-15(23-13-11-16-7-5-6-10-19(16)23)20(25)22-18-12-14-24(21(18)26)17-8-3-2-4-9-17/h2-10,15,18H,11-14H2,1H3,(H,22,25)/t15-,18-/m1/s1. The zero-order valence-electron chi connectivity index (χ0n) is 14.9. The molecule has 2 amide bonds. The first-order valence-electron chi connectivity index (χ1n) is 9.16. The van der Waals surface area contributed by atoms with Gasteiger partial charge in [0.25, 0.3) is 0 Å². The third-order valence-electron chi connectivity index (χ3n) is 5.36. The quantitative estimate of drug-likeness (QED) is 0.922. The van der Waals surface area contributed by atoms with E-state index in [-0.39, 0.29) is 17.9 Å². The molecule has 1 fully saturated rings. The van der Waals surface area contributed by atoms with Crippen LogP contribution in [0, 0.1) is 0 Å². The molecule has 2 aliphatic rings. The van der Waals surface area contributed by atoms with Gasteiger partial charge < -0.3 is 15.1 Å². The van der Waals surface area contributed by atoms with Crippen LogP contribution in [0.5, 0.6) is 0 Å². The van der Waals surface area contributed by atoms with Crippen molar-refractivity contribution in [3.8, 4) is 0 Å². The first-order chi connectivity index (χ1) is 12.6. The monoisotopic (exact) mass is 349 g/mol. The predicted octanol–water partition coefficient (Wildman–Crippen LogP) is 2.36. The molecule has 2 aromatic carbocycles. The molecule has 1 saturated heterocycles. The number of amides is 2. The second-order valence-corrected chi connectivity index (χ2v) is 6.92. The molecule has 134 valence electrons. The van der Waals surface area contributed by atoms with Gasteiger partial charge in [-0.3, -0.25) is 9.59 Å². The van der Waals surface area contributed by atoms with Crippen LogP contribution in [-0.4, -0.2) is 37.0 Å². The van der Waals surface area contributed by atoms with E-state index in [0.29, 0.717) is 13.0 Å². The van der Waals surface area contributed by atoms with E-state index in [2.05, 4.69) is 22.3 Å². The maximum atomic E-state index is 12.8. The van der Waals surface area contributed by atoms with Crippen LogP contribution in [0.3, 0.4) is 0 Å². The Labute approximate surface area is 153 Å². The van der Waals surface area contributed by atoms with E-state index in [0.717, 1.165) is 24.3 Å². The predicted molar refractivity (Wildman–Crippen MR) is 102 cm³/mol. The highest BCUT2D eigenvalue weighted by Crippen LogP contribution is 2.29. The zero-order chi connectivity index (χ0) is 18.1. The Hall–Kier alpha value is -2.82. The lowest BCUT2D eigenvalue weighted by Crippen LogP contribution is -2.50. The van der Waals surface area contributed by atoms with Gasteiger partial charge in [-0.05, 0) is 43.5 Å². The number of para-hydroxylation sites is 2. The van der Waals surface area contributed by atoms with Crippen LogP contribution in [0.15, 0.2) is 54.6 Å². The van der Waals surface area contributed by atoms with E-state index < -0.39 is 6.04 Å². The summed E-state index contributed by atoms with van der Waals surface area (Å²) in [5.41, 5.74) is 3.29. The maximum Gasteiger partial charge on any atom is 0.249 e. The Morgan fingerprint density at radius 2 is 1.81 bits per heavy atom. The van der Waals surface area contributed by atoms with E-state index in [9.17, 15) is 9.59 Å². The number of nitrogens with zero attached hydrogens (tertiary/aromatic N) is 2. The number of nitrogens with one attached hydrogen (secondary N) is 1. The average molecular weight is 349 g/mol. The SMILES string of the molecule is C[C@H](C(=O)N[C@@H]1CCN(c2ccccc2)C1=O)N1CCc2ccccc21. The van der Waals surface area contributed by atoms with Crippen LogP contribution < -0.4 is 15.1 Å². The summed E-state index contributed by atoms with van der Waals surface area (Å²) in [5.74, 6) is -0.117. The summed E-state index contributed by atoms with van der Waals surface area (Å²) in [6.07, 6.45) is 1.60. The molecule has 5 nitrogen and oxygen atoms in total. The number of rotatable bonds is 4. The van der Waals surface area contributed by atoms with Crippen LogP contribution in [-0.2, 0) is 16.0 Å². The van der Waals surface area contributed by atoms with Gasteiger partial charge in [0.2, 0.25) is 11.8 Å². The minimum absolute atomic E-state index is 0.0291. The maximum absolute atomic E-state index is 12.8. The molecule has 0 aromatic heterocycles. The fraction of sp³-hybridized carbons (Fsp3) is 0.333. The summed E-state index contributed by atoms with van der Waals surface area (Å²) in [7, 11) is 0. The molecule has 0 aliphatic carbocycles. The molecule has 2 aromatic rings. The minimum Gasteiger partial charge on any atom is -0.359 e. The summed E-state index contributed by atoms with van der Waals surface area (Å²) in [6.45, 7) is 3.38. The molecule has 0 bridgehead atoms. The first kappa shape index (κ1) is 16.6. The number of hydrogen-bond acceptors (Lipinski definition) is 3. The molecule has 1 N–H and O–H groups in total. The second kappa shape index (κ2) is 6.83. The van der Waals surface area contributed by atoms with Gasteiger partial charge in [0.15, 0.2) is 0 Å². The van der Waals surface area contributed by atoms with Crippen LogP contribution >= 0.6 is 0 Å². The van der Waals surface area contributed by atoms with E-state index in [1.165, 1.54) is 5.56 Å². The van der Waals surface area contributed by atoms with E-state index in [1.54, 1.807) is 4.90 Å². The van der Waals surface area contributed by atoms with Crippen LogP contribution in [0.2, 0.25) is 0 Å². The average Bonchev–Trinajstić information content (AvgIpc) is 3.26. The Balaban J connectivity index is 1.42. The summed E-state index contributed by atoms with van der Waals surface area (Å²) in [6, 6.07) is 17.1. The molecule has 2 heterocycles. The zero-order valence-corrected chi connectivity index (χ0v) is 14.9.